The molecule has 0 radical (unpaired) electrons. The van der Waals surface area contributed by atoms with Gasteiger partial charge in [0.25, 0.3) is 0 Å². The van der Waals surface area contributed by atoms with E-state index in [0.717, 1.165) is 19.3 Å². The molecule has 1 aromatic carbocycles. The average Bonchev–Trinajstić information content (AvgIpc) is 2.41. The van der Waals surface area contributed by atoms with Gasteiger partial charge in [0, 0.05) is 12.5 Å². The minimum atomic E-state index is -0.266. The number of ether oxygens (including phenoxy) is 1. The zero-order valence-electron chi connectivity index (χ0n) is 10.7. The summed E-state index contributed by atoms with van der Waals surface area (Å²) in [7, 11) is 0. The average molecular weight is 247 g/mol. The number of alkyl carbamates (subject to hydrolysis) is 1. The normalized spacial score (nSPS) is 16.2. The topological polar surface area (TPSA) is 38.3 Å². The van der Waals surface area contributed by atoms with Gasteiger partial charge in [0.1, 0.15) is 0 Å². The standard InChI is InChI=1S/C15H21NO2/c17-15(16-14-9-5-2-6-10-14)18-12-11-13-7-3-1-4-8-13/h1,3-4,7-8,14H,2,5-6,9-12H2,(H,16,17). The molecule has 1 aromatic rings. The van der Waals surface area contributed by atoms with E-state index < -0.39 is 0 Å². The number of carbonyl (C=O) groups excluding carboxylic acids is 1. The van der Waals surface area contributed by atoms with Crippen molar-refractivity contribution in [2.75, 3.05) is 6.61 Å². The van der Waals surface area contributed by atoms with Gasteiger partial charge in [-0.15, -0.1) is 0 Å². The van der Waals surface area contributed by atoms with Crippen LogP contribution in [0.15, 0.2) is 30.3 Å². The highest BCUT2D eigenvalue weighted by atomic mass is 16.5. The molecule has 0 bridgehead atoms. The van der Waals surface area contributed by atoms with Crippen LogP contribution in [0.4, 0.5) is 4.79 Å². The molecule has 1 aliphatic carbocycles. The van der Waals surface area contributed by atoms with Gasteiger partial charge < -0.3 is 10.1 Å². The molecule has 2 rings (SSSR count). The Morgan fingerprint density at radius 3 is 2.61 bits per heavy atom. The van der Waals surface area contributed by atoms with Crippen molar-refractivity contribution < 1.29 is 9.53 Å². The van der Waals surface area contributed by atoms with Crippen molar-refractivity contribution in [3.8, 4) is 0 Å². The summed E-state index contributed by atoms with van der Waals surface area (Å²) in [5.41, 5.74) is 1.20. The SMILES string of the molecule is O=C(NC1CCCCC1)OCCc1ccccc1. The maximum atomic E-state index is 11.6. The zero-order valence-corrected chi connectivity index (χ0v) is 10.7. The van der Waals surface area contributed by atoms with Gasteiger partial charge in [-0.3, -0.25) is 0 Å². The van der Waals surface area contributed by atoms with Crippen molar-refractivity contribution in [2.24, 2.45) is 0 Å². The van der Waals surface area contributed by atoms with E-state index in [1.165, 1.54) is 24.8 Å². The Bertz CT molecular complexity index is 358. The van der Waals surface area contributed by atoms with Crippen LogP contribution in [-0.2, 0) is 11.2 Å². The van der Waals surface area contributed by atoms with Gasteiger partial charge in [-0.05, 0) is 18.4 Å². The fraction of sp³-hybridized carbons (Fsp3) is 0.533. The van der Waals surface area contributed by atoms with Crippen LogP contribution in [0.3, 0.4) is 0 Å². The molecule has 1 fully saturated rings. The minimum Gasteiger partial charge on any atom is -0.449 e. The van der Waals surface area contributed by atoms with E-state index in [0.29, 0.717) is 12.6 Å². The molecule has 98 valence electrons. The van der Waals surface area contributed by atoms with E-state index in [1.54, 1.807) is 0 Å². The maximum Gasteiger partial charge on any atom is 0.407 e. The van der Waals surface area contributed by atoms with Gasteiger partial charge in [0.05, 0.1) is 6.61 Å². The molecule has 3 heteroatoms. The first-order valence-corrected chi connectivity index (χ1v) is 6.82. The Hall–Kier alpha value is -1.51. The summed E-state index contributed by atoms with van der Waals surface area (Å²) in [6.45, 7) is 0.447. The van der Waals surface area contributed by atoms with Crippen LogP contribution in [0.5, 0.6) is 0 Å². The molecule has 3 nitrogen and oxygen atoms in total. The highest BCUT2D eigenvalue weighted by molar-refractivity contribution is 5.67. The van der Waals surface area contributed by atoms with Crippen LogP contribution in [0.1, 0.15) is 37.7 Å². The number of carbonyl (C=O) groups is 1. The van der Waals surface area contributed by atoms with Crippen molar-refractivity contribution >= 4 is 6.09 Å². The van der Waals surface area contributed by atoms with Gasteiger partial charge >= 0.3 is 6.09 Å². The molecular formula is C15H21NO2. The monoisotopic (exact) mass is 247 g/mol. The molecule has 1 amide bonds. The van der Waals surface area contributed by atoms with E-state index in [4.69, 9.17) is 4.74 Å². The van der Waals surface area contributed by atoms with Gasteiger partial charge in [-0.2, -0.15) is 0 Å². The van der Waals surface area contributed by atoms with E-state index in [1.807, 2.05) is 30.3 Å². The Morgan fingerprint density at radius 2 is 1.89 bits per heavy atom. The molecule has 0 spiro atoms. The first-order chi connectivity index (χ1) is 8.84. The second kappa shape index (κ2) is 7.04. The molecule has 1 aliphatic rings. The lowest BCUT2D eigenvalue weighted by atomic mass is 9.96. The summed E-state index contributed by atoms with van der Waals surface area (Å²) in [6.07, 6.45) is 6.42. The van der Waals surface area contributed by atoms with Crippen molar-refractivity contribution in [1.29, 1.82) is 0 Å². The third-order valence-corrected chi connectivity index (χ3v) is 3.39. The van der Waals surface area contributed by atoms with E-state index >= 15 is 0 Å². The van der Waals surface area contributed by atoms with Gasteiger partial charge in [0.15, 0.2) is 0 Å². The Labute approximate surface area is 109 Å². The number of benzene rings is 1. The van der Waals surface area contributed by atoms with Crippen LogP contribution < -0.4 is 5.32 Å². The van der Waals surface area contributed by atoms with Crippen molar-refractivity contribution in [2.45, 2.75) is 44.6 Å². The Balaban J connectivity index is 1.62. The van der Waals surface area contributed by atoms with Crippen LogP contribution in [0.25, 0.3) is 0 Å². The maximum absolute atomic E-state index is 11.6. The predicted molar refractivity (Wildman–Crippen MR) is 71.5 cm³/mol. The highest BCUT2D eigenvalue weighted by Crippen LogP contribution is 2.17. The molecule has 0 saturated heterocycles. The third-order valence-electron chi connectivity index (χ3n) is 3.39. The third kappa shape index (κ3) is 4.40. The van der Waals surface area contributed by atoms with E-state index in [2.05, 4.69) is 5.32 Å². The zero-order chi connectivity index (χ0) is 12.6. The number of hydrogen-bond donors (Lipinski definition) is 1. The van der Waals surface area contributed by atoms with E-state index in [9.17, 15) is 4.79 Å². The van der Waals surface area contributed by atoms with Crippen LogP contribution >= 0.6 is 0 Å². The first kappa shape index (κ1) is 12.9. The lowest BCUT2D eigenvalue weighted by molar-refractivity contribution is 0.140. The number of rotatable bonds is 4. The molecule has 0 atom stereocenters. The van der Waals surface area contributed by atoms with Gasteiger partial charge in [-0.25, -0.2) is 4.79 Å². The summed E-state index contributed by atoms with van der Waals surface area (Å²) < 4.78 is 5.20. The molecule has 1 saturated carbocycles. The van der Waals surface area contributed by atoms with Crippen LogP contribution in [0.2, 0.25) is 0 Å². The molecule has 0 aliphatic heterocycles. The number of amides is 1. The lowest BCUT2D eigenvalue weighted by Crippen LogP contribution is -2.36. The second-order valence-electron chi connectivity index (χ2n) is 4.85. The summed E-state index contributed by atoms with van der Waals surface area (Å²) in [5, 5.41) is 2.94. The Morgan fingerprint density at radius 1 is 1.17 bits per heavy atom. The van der Waals surface area contributed by atoms with Crippen molar-refractivity contribution in [3.63, 3.8) is 0 Å². The molecule has 18 heavy (non-hydrogen) atoms. The molecular weight excluding hydrogens is 226 g/mol. The lowest BCUT2D eigenvalue weighted by Gasteiger charge is -2.22. The van der Waals surface area contributed by atoms with Crippen LogP contribution in [0, 0.1) is 0 Å². The van der Waals surface area contributed by atoms with Gasteiger partial charge in [-0.1, -0.05) is 49.6 Å². The smallest absolute Gasteiger partial charge is 0.407 e. The number of nitrogens with one attached hydrogen (secondary N) is 1. The van der Waals surface area contributed by atoms with E-state index in [-0.39, 0.29) is 6.09 Å². The fourth-order valence-corrected chi connectivity index (χ4v) is 2.36. The molecule has 0 aromatic heterocycles. The summed E-state index contributed by atoms with van der Waals surface area (Å²) in [4.78, 5) is 11.6. The number of hydrogen-bond acceptors (Lipinski definition) is 2. The van der Waals surface area contributed by atoms with Gasteiger partial charge in [0.2, 0.25) is 0 Å². The molecule has 0 unspecified atom stereocenters. The minimum absolute atomic E-state index is 0.266. The predicted octanol–water partition coefficient (Wildman–Crippen LogP) is 3.29. The summed E-state index contributed by atoms with van der Waals surface area (Å²) in [6, 6.07) is 10.4. The summed E-state index contributed by atoms with van der Waals surface area (Å²) in [5.74, 6) is 0. The molecule has 0 heterocycles. The molecule has 1 N–H and O–H groups in total. The first-order valence-electron chi connectivity index (χ1n) is 6.82. The largest absolute Gasteiger partial charge is 0.449 e. The highest BCUT2D eigenvalue weighted by Gasteiger charge is 2.15. The van der Waals surface area contributed by atoms with Crippen molar-refractivity contribution in [3.05, 3.63) is 35.9 Å². The second-order valence-corrected chi connectivity index (χ2v) is 4.85. The quantitative estimate of drug-likeness (QED) is 0.886. The summed E-state index contributed by atoms with van der Waals surface area (Å²) >= 11 is 0. The van der Waals surface area contributed by atoms with Crippen molar-refractivity contribution in [1.82, 2.24) is 5.32 Å². The van der Waals surface area contributed by atoms with Crippen LogP contribution in [-0.4, -0.2) is 18.7 Å². The Kier molecular flexibility index (Phi) is 5.06. The fourth-order valence-electron chi connectivity index (χ4n) is 2.36.